The zero-order chi connectivity index (χ0) is 15.0. The van der Waals surface area contributed by atoms with E-state index in [0.717, 1.165) is 4.90 Å². The van der Waals surface area contributed by atoms with Crippen molar-refractivity contribution in [2.24, 2.45) is 0 Å². The van der Waals surface area contributed by atoms with Gasteiger partial charge in [-0.05, 0) is 31.3 Å². The van der Waals surface area contributed by atoms with Crippen molar-refractivity contribution in [3.05, 3.63) is 29.3 Å². The second-order valence-electron chi connectivity index (χ2n) is 4.30. The SMILES string of the molecule is CNCCN(CCSc1ccc(Cl)cc1)CC(F)(F)F. The second kappa shape index (κ2) is 8.77. The molecule has 0 saturated heterocycles. The van der Waals surface area contributed by atoms with E-state index >= 15 is 0 Å². The number of thioether (sulfide) groups is 1. The molecule has 0 spiro atoms. The molecule has 0 atom stereocenters. The van der Waals surface area contributed by atoms with Gasteiger partial charge in [-0.25, -0.2) is 0 Å². The van der Waals surface area contributed by atoms with Gasteiger partial charge in [0.2, 0.25) is 0 Å². The maximum Gasteiger partial charge on any atom is 0.401 e. The molecule has 0 radical (unpaired) electrons. The summed E-state index contributed by atoms with van der Waals surface area (Å²) in [6.45, 7) is 0.462. The van der Waals surface area contributed by atoms with Gasteiger partial charge in [-0.2, -0.15) is 13.2 Å². The van der Waals surface area contributed by atoms with E-state index in [1.54, 1.807) is 19.2 Å². The van der Waals surface area contributed by atoms with E-state index in [0.29, 0.717) is 30.4 Å². The minimum atomic E-state index is -4.15. The summed E-state index contributed by atoms with van der Waals surface area (Å²) in [7, 11) is 1.73. The third-order valence-corrected chi connectivity index (χ3v) is 3.81. The van der Waals surface area contributed by atoms with Crippen LogP contribution in [0.25, 0.3) is 0 Å². The highest BCUT2D eigenvalue weighted by molar-refractivity contribution is 7.99. The van der Waals surface area contributed by atoms with E-state index in [1.807, 2.05) is 12.1 Å². The molecule has 2 nitrogen and oxygen atoms in total. The van der Waals surface area contributed by atoms with Crippen molar-refractivity contribution in [1.29, 1.82) is 0 Å². The maximum atomic E-state index is 12.4. The molecule has 7 heteroatoms. The Bertz CT molecular complexity index is 384. The lowest BCUT2D eigenvalue weighted by Gasteiger charge is -2.23. The summed E-state index contributed by atoms with van der Waals surface area (Å²) < 4.78 is 37.3. The highest BCUT2D eigenvalue weighted by Crippen LogP contribution is 2.21. The predicted molar refractivity (Wildman–Crippen MR) is 78.6 cm³/mol. The van der Waals surface area contributed by atoms with Gasteiger partial charge in [-0.3, -0.25) is 4.90 Å². The summed E-state index contributed by atoms with van der Waals surface area (Å²) in [5.74, 6) is 0.613. The fraction of sp³-hybridized carbons (Fsp3) is 0.538. The number of nitrogens with one attached hydrogen (secondary N) is 1. The monoisotopic (exact) mass is 326 g/mol. The van der Waals surface area contributed by atoms with E-state index in [9.17, 15) is 13.2 Å². The van der Waals surface area contributed by atoms with Crippen LogP contribution in [0.15, 0.2) is 29.2 Å². The van der Waals surface area contributed by atoms with Crippen molar-refractivity contribution >= 4 is 23.4 Å². The number of alkyl halides is 3. The highest BCUT2D eigenvalue weighted by Gasteiger charge is 2.30. The standard InChI is InChI=1S/C13H18ClF3N2S/c1-18-6-7-19(10-13(15,16)17)8-9-20-12-4-2-11(14)3-5-12/h2-5,18H,6-10H2,1H3. The van der Waals surface area contributed by atoms with Crippen LogP contribution in [0.1, 0.15) is 0 Å². The first-order valence-electron chi connectivity index (χ1n) is 6.23. The van der Waals surface area contributed by atoms with Crippen LogP contribution >= 0.6 is 23.4 Å². The van der Waals surface area contributed by atoms with Gasteiger partial charge in [0.15, 0.2) is 0 Å². The van der Waals surface area contributed by atoms with Crippen LogP contribution in [0.5, 0.6) is 0 Å². The fourth-order valence-electron chi connectivity index (χ4n) is 1.62. The molecule has 0 fully saturated rings. The third kappa shape index (κ3) is 7.99. The second-order valence-corrected chi connectivity index (χ2v) is 5.90. The molecule has 1 aromatic carbocycles. The molecule has 0 aliphatic rings. The third-order valence-electron chi connectivity index (χ3n) is 2.57. The summed E-state index contributed by atoms with van der Waals surface area (Å²) in [4.78, 5) is 2.43. The van der Waals surface area contributed by atoms with Crippen LogP contribution < -0.4 is 5.32 Å². The molecule has 0 aliphatic carbocycles. The van der Waals surface area contributed by atoms with Gasteiger partial charge in [-0.15, -0.1) is 11.8 Å². The molecule has 0 bridgehead atoms. The Labute approximate surface area is 126 Å². The highest BCUT2D eigenvalue weighted by atomic mass is 35.5. The van der Waals surface area contributed by atoms with Crippen LogP contribution in [0.4, 0.5) is 13.2 Å². The molecule has 1 aromatic rings. The lowest BCUT2D eigenvalue weighted by molar-refractivity contribution is -0.145. The summed E-state index contributed by atoms with van der Waals surface area (Å²) >= 11 is 7.31. The molecule has 0 unspecified atom stereocenters. The average Bonchev–Trinajstić information content (AvgIpc) is 2.36. The topological polar surface area (TPSA) is 15.3 Å². The molecule has 114 valence electrons. The van der Waals surface area contributed by atoms with Gasteiger partial charge in [0.05, 0.1) is 6.54 Å². The average molecular weight is 327 g/mol. The number of likely N-dealkylation sites (N-methyl/N-ethyl adjacent to an activating group) is 1. The number of halogens is 4. The Hall–Kier alpha value is -0.430. The van der Waals surface area contributed by atoms with Crippen LogP contribution in [0.2, 0.25) is 5.02 Å². The largest absolute Gasteiger partial charge is 0.401 e. The van der Waals surface area contributed by atoms with E-state index in [4.69, 9.17) is 11.6 Å². The molecule has 0 aromatic heterocycles. The molecule has 1 N–H and O–H groups in total. The van der Waals surface area contributed by atoms with Crippen molar-refractivity contribution in [2.75, 3.05) is 39.0 Å². The van der Waals surface area contributed by atoms with Crippen molar-refractivity contribution in [1.82, 2.24) is 10.2 Å². The molecular weight excluding hydrogens is 309 g/mol. The van der Waals surface area contributed by atoms with Gasteiger partial charge < -0.3 is 5.32 Å². The Morgan fingerprint density at radius 3 is 2.40 bits per heavy atom. The molecule has 20 heavy (non-hydrogen) atoms. The Balaban J connectivity index is 2.38. The van der Waals surface area contributed by atoms with Crippen LogP contribution in [0.3, 0.4) is 0 Å². The van der Waals surface area contributed by atoms with Gasteiger partial charge >= 0.3 is 6.18 Å². The lowest BCUT2D eigenvalue weighted by Crippen LogP contribution is -2.39. The number of nitrogens with zero attached hydrogens (tertiary/aromatic N) is 1. The van der Waals surface area contributed by atoms with Crippen molar-refractivity contribution < 1.29 is 13.2 Å². The van der Waals surface area contributed by atoms with E-state index in [1.165, 1.54) is 16.7 Å². The Kier molecular flexibility index (Phi) is 7.72. The van der Waals surface area contributed by atoms with E-state index < -0.39 is 12.7 Å². The number of hydrogen-bond acceptors (Lipinski definition) is 3. The van der Waals surface area contributed by atoms with Gasteiger partial charge in [0, 0.05) is 35.3 Å². The first-order chi connectivity index (χ1) is 9.40. The van der Waals surface area contributed by atoms with Crippen LogP contribution in [0, 0.1) is 0 Å². The number of rotatable bonds is 8. The molecule has 0 aliphatic heterocycles. The minimum absolute atomic E-state index is 0.386. The molecular formula is C13H18ClF3N2S. The van der Waals surface area contributed by atoms with Gasteiger partial charge in [0.25, 0.3) is 0 Å². The summed E-state index contributed by atoms with van der Waals surface area (Å²) in [5, 5.41) is 3.52. The van der Waals surface area contributed by atoms with E-state index in [2.05, 4.69) is 5.32 Å². The Morgan fingerprint density at radius 2 is 1.85 bits per heavy atom. The number of hydrogen-bond donors (Lipinski definition) is 1. The predicted octanol–water partition coefficient (Wildman–Crippen LogP) is 3.52. The van der Waals surface area contributed by atoms with Gasteiger partial charge in [-0.1, -0.05) is 11.6 Å². The van der Waals surface area contributed by atoms with Crippen molar-refractivity contribution in [3.63, 3.8) is 0 Å². The molecule has 0 saturated carbocycles. The normalized spacial score (nSPS) is 12.1. The summed E-state index contributed by atoms with van der Waals surface area (Å²) in [6, 6.07) is 7.29. The maximum absolute atomic E-state index is 12.4. The van der Waals surface area contributed by atoms with Crippen molar-refractivity contribution in [2.45, 2.75) is 11.1 Å². The Morgan fingerprint density at radius 1 is 1.20 bits per heavy atom. The van der Waals surface area contributed by atoms with Crippen LogP contribution in [-0.2, 0) is 0 Å². The van der Waals surface area contributed by atoms with Crippen LogP contribution in [-0.4, -0.2) is 50.1 Å². The molecule has 0 heterocycles. The quantitative estimate of drug-likeness (QED) is 0.736. The summed E-state index contributed by atoms with van der Waals surface area (Å²) in [6.07, 6.45) is -4.15. The zero-order valence-electron chi connectivity index (χ0n) is 11.2. The first kappa shape index (κ1) is 17.6. The number of benzene rings is 1. The van der Waals surface area contributed by atoms with Gasteiger partial charge in [0.1, 0.15) is 0 Å². The first-order valence-corrected chi connectivity index (χ1v) is 7.59. The smallest absolute Gasteiger partial charge is 0.318 e. The molecule has 1 rings (SSSR count). The lowest BCUT2D eigenvalue weighted by atomic mass is 10.4. The molecule has 0 amide bonds. The zero-order valence-corrected chi connectivity index (χ0v) is 12.8. The van der Waals surface area contributed by atoms with Crippen molar-refractivity contribution in [3.8, 4) is 0 Å². The van der Waals surface area contributed by atoms with E-state index in [-0.39, 0.29) is 0 Å². The summed E-state index contributed by atoms with van der Waals surface area (Å²) in [5.41, 5.74) is 0. The fourth-order valence-corrected chi connectivity index (χ4v) is 2.66. The minimum Gasteiger partial charge on any atom is -0.318 e.